The summed E-state index contributed by atoms with van der Waals surface area (Å²) in [6.07, 6.45) is 8.46. The van der Waals surface area contributed by atoms with E-state index in [1.165, 1.54) is 153 Å². The number of likely N-dealkylation sites (N-methyl/N-ethyl adjacent to an activating group) is 1. The molecule has 0 aliphatic heterocycles. The van der Waals surface area contributed by atoms with E-state index in [4.69, 9.17) is 46.4 Å². The second-order valence-electron chi connectivity index (χ2n) is 33.3. The monoisotopic (exact) mass is 2220 g/mol. The Labute approximate surface area is 856 Å². The molecule has 0 spiro atoms. The Bertz CT molecular complexity index is 8380. The number of Topliss-reactive ketones (excluding diaryl/α,β-unsaturated/α-hetero) is 4. The number of hydrogen-bond acceptors (Lipinski definition) is 25. The number of sulfone groups is 4. The molecule has 0 unspecified atom stereocenters. The van der Waals surface area contributed by atoms with E-state index >= 15 is 8.78 Å². The number of nitrogens with one attached hydrogen (secondary N) is 4. The minimum atomic E-state index is -3.82. The zero-order chi connectivity index (χ0) is 102. The maximum atomic E-state index is 15.0. The first-order chi connectivity index (χ1) is 67.5. The molecule has 17 rings (SSSR count). The van der Waals surface area contributed by atoms with Gasteiger partial charge < -0.3 is 26.2 Å². The average molecular weight is 2220 g/mol. The highest BCUT2D eigenvalue weighted by Crippen LogP contribution is 2.35. The number of halogens is 9. The van der Waals surface area contributed by atoms with E-state index in [0.717, 1.165) is 147 Å². The third-order valence-corrected chi connectivity index (χ3v) is 36.9. The zero-order valence-electron chi connectivity index (χ0n) is 75.6. The lowest BCUT2D eigenvalue weighted by Crippen LogP contribution is -2.21. The Morgan fingerprint density at radius 1 is 0.380 bits per heavy atom. The SMILES string of the molecule is CCCNc1ccc2c(=O)n(-c3ccc(CC(=O)CS(=O)(=O)c4ccc(Cl)s4)cc3F)ccc2c1.CN(C)CCNc1ccc2c(=O)n(-c3ccc(CC(=O)CS(=O)(=O)c4ccc(Cl)s4)cc3F)ccc2c1.CNc1cc2ccn(-c3ccc(CC(=O)CS(=O)(=O)c4ccc(Cl)s4)cc3F)c(=O)c2cc1Br.O=C(Cc1ccc(-n2ccc3cc(NCC4CC4)ccc3c2=O)c(F)c1)CS(=O)(=O)c1ccc(Cl)s1. The van der Waals surface area contributed by atoms with Crippen molar-refractivity contribution in [2.24, 2.45) is 5.92 Å². The number of anilines is 4. The molecule has 25 nitrogen and oxygen atoms in total. The van der Waals surface area contributed by atoms with Crippen LogP contribution in [0.25, 0.3) is 65.8 Å². The first kappa shape index (κ1) is 106. The molecule has 142 heavy (non-hydrogen) atoms. The minimum absolute atomic E-state index is 0.0107. The normalized spacial score (nSPS) is 12.2. The maximum absolute atomic E-state index is 15.0. The van der Waals surface area contributed by atoms with Gasteiger partial charge in [0.1, 0.15) is 63.1 Å². The van der Waals surface area contributed by atoms with E-state index < -0.39 is 114 Å². The number of pyridine rings is 4. The Morgan fingerprint density at radius 2 is 0.669 bits per heavy atom. The molecule has 0 bridgehead atoms. The topological polar surface area (TPSA) is 344 Å². The van der Waals surface area contributed by atoms with Crippen LogP contribution in [0.4, 0.5) is 40.3 Å². The number of carbonyl (C=O) groups is 4. The molecule has 8 aromatic heterocycles. The van der Waals surface area contributed by atoms with Crippen molar-refractivity contribution in [2.45, 2.75) is 68.7 Å². The first-order valence-corrected chi connectivity index (χ1v) is 55.7. The standard InChI is InChI=1S/C26H25ClFN3O4S2.C26H22ClFN2O4S2.C25H22ClFN2O4S2.C23H17BrClFN2O4S2/c1-30(2)12-10-29-19-4-5-21-18(15-19)9-11-31(26(21)33)23-6-3-17(14-22(23)28)13-20(32)16-37(34,35)25-8-7-24(27)36-25;27-24-7-8-25(35-24)36(33,34)15-20(31)11-17-3-6-23(22(28)12-17)30-10-9-18-13-19(29-14-16-1-2-16)4-5-21(18)26(30)32;1-2-10-28-18-4-5-20-17(14-18)9-11-29(25(20)31)22-6-3-16(13-21(22)27)12-19(30)15-35(32,33)24-8-7-23(26)34-24;1-27-19-10-14-6-7-28(23(30)16(14)11-17(19)24)20-3-2-13(9-18(20)26)8-15(29)12-34(31,32)22-5-4-21(25)33-22/h3-9,11,14-15,29H,10,12-13,16H2,1-2H3;3-10,12-13,16,29H,1-2,11,14-15H2;3-9,11,13-14,28H,2,10,12,15H2,1H3;2-7,9-11,27H,8,12H2,1H3. The number of thiophene rings is 4. The fourth-order valence-corrected chi connectivity index (χ4v) is 26.9. The van der Waals surface area contributed by atoms with Crippen molar-refractivity contribution in [3.05, 3.63) is 346 Å². The molecule has 0 saturated heterocycles. The lowest BCUT2D eigenvalue weighted by molar-refractivity contribution is -0.116. The maximum Gasteiger partial charge on any atom is 0.263 e. The Kier molecular flexibility index (Phi) is 34.4. The summed E-state index contributed by atoms with van der Waals surface area (Å²) in [6, 6.07) is 54.2. The largest absolute Gasteiger partial charge is 0.387 e. The predicted octanol–water partition coefficient (Wildman–Crippen LogP) is 20.1. The van der Waals surface area contributed by atoms with Crippen LogP contribution in [0.2, 0.25) is 17.3 Å². The van der Waals surface area contributed by atoms with E-state index in [1.807, 2.05) is 56.6 Å². The number of ketones is 4. The Morgan fingerprint density at radius 3 is 0.937 bits per heavy atom. The molecule has 8 aromatic carbocycles. The average Bonchev–Trinajstić information content (AvgIpc) is 1.74. The van der Waals surface area contributed by atoms with Gasteiger partial charge in [-0.1, -0.05) is 77.6 Å². The molecule has 1 saturated carbocycles. The van der Waals surface area contributed by atoms with Gasteiger partial charge in [-0.15, -0.1) is 45.3 Å². The van der Waals surface area contributed by atoms with Gasteiger partial charge in [0.2, 0.25) is 0 Å². The van der Waals surface area contributed by atoms with Crippen molar-refractivity contribution in [2.75, 3.05) is 91.6 Å². The van der Waals surface area contributed by atoms with Crippen molar-refractivity contribution in [3.63, 3.8) is 0 Å². The molecule has 0 atom stereocenters. The summed E-state index contributed by atoms with van der Waals surface area (Å²) in [5.74, 6) is -7.15. The van der Waals surface area contributed by atoms with E-state index in [2.05, 4.69) is 49.0 Å². The number of rotatable bonds is 35. The summed E-state index contributed by atoms with van der Waals surface area (Å²) < 4.78 is 166. The smallest absolute Gasteiger partial charge is 0.263 e. The molecule has 42 heteroatoms. The molecule has 16 aromatic rings. The molecule has 8 heterocycles. The lowest BCUT2D eigenvalue weighted by atomic mass is 10.1. The number of fused-ring (bicyclic) bond motifs is 4. The van der Waals surface area contributed by atoms with Gasteiger partial charge in [-0.2, -0.15) is 0 Å². The van der Waals surface area contributed by atoms with Crippen LogP contribution in [0.3, 0.4) is 0 Å². The molecular formula is C100H86BrCl4F4N9O16S8. The lowest BCUT2D eigenvalue weighted by Gasteiger charge is -2.13. The van der Waals surface area contributed by atoms with Crippen LogP contribution in [0, 0.1) is 29.2 Å². The number of benzene rings is 8. The van der Waals surface area contributed by atoms with Gasteiger partial charge in [-0.25, -0.2) is 51.2 Å². The molecule has 0 amide bonds. The van der Waals surface area contributed by atoms with Gasteiger partial charge in [0.15, 0.2) is 62.5 Å². The molecule has 1 fully saturated rings. The molecule has 1 aliphatic carbocycles. The minimum Gasteiger partial charge on any atom is -0.387 e. The van der Waals surface area contributed by atoms with E-state index in [1.54, 1.807) is 55.6 Å². The van der Waals surface area contributed by atoms with Crippen molar-refractivity contribution in [3.8, 4) is 22.7 Å². The van der Waals surface area contributed by atoms with Crippen LogP contribution in [-0.4, -0.2) is 150 Å². The van der Waals surface area contributed by atoms with Gasteiger partial charge in [0, 0.05) is 132 Å². The quantitative estimate of drug-likeness (QED) is 0.0268. The summed E-state index contributed by atoms with van der Waals surface area (Å²) in [7, 11) is -9.52. The highest BCUT2D eigenvalue weighted by atomic mass is 79.9. The van der Waals surface area contributed by atoms with Crippen molar-refractivity contribution >= 4 is 236 Å². The van der Waals surface area contributed by atoms with Crippen molar-refractivity contribution < 1.29 is 70.4 Å². The zero-order valence-corrected chi connectivity index (χ0v) is 86.8. The number of carbonyl (C=O) groups excluding carboxylic acids is 4. The van der Waals surface area contributed by atoms with Gasteiger partial charge >= 0.3 is 0 Å². The fourth-order valence-electron chi connectivity index (χ4n) is 15.1. The number of aromatic nitrogens is 4. The van der Waals surface area contributed by atoms with Crippen molar-refractivity contribution in [1.29, 1.82) is 0 Å². The Balaban J connectivity index is 0.000000150. The second-order valence-corrected chi connectivity index (χ2v) is 49.9. The summed E-state index contributed by atoms with van der Waals surface area (Å²) in [5, 5.41) is 17.7. The van der Waals surface area contributed by atoms with Crippen LogP contribution in [0.1, 0.15) is 48.4 Å². The van der Waals surface area contributed by atoms with Gasteiger partial charge in [0.25, 0.3) is 22.2 Å². The van der Waals surface area contributed by atoms with Crippen LogP contribution in [-0.2, 0) is 84.2 Å². The third-order valence-electron chi connectivity index (χ3n) is 22.2. The number of hydrogen-bond donors (Lipinski definition) is 4. The molecule has 4 N–H and O–H groups in total. The summed E-state index contributed by atoms with van der Waals surface area (Å²) >= 11 is 30.1. The Hall–Kier alpha value is -11.6. The van der Waals surface area contributed by atoms with Gasteiger partial charge in [0.05, 0.1) is 40.1 Å². The van der Waals surface area contributed by atoms with Gasteiger partial charge in [-0.3, -0.25) is 56.6 Å². The van der Waals surface area contributed by atoms with Crippen LogP contribution >= 0.6 is 108 Å². The third kappa shape index (κ3) is 26.7. The molecule has 1 aliphatic rings. The molecule has 0 radical (unpaired) electrons. The summed E-state index contributed by atoms with van der Waals surface area (Å²) in [5.41, 5.74) is 3.46. The first-order valence-electron chi connectivity index (χ1n) is 43.5. The van der Waals surface area contributed by atoms with E-state index in [9.17, 15) is 80.8 Å². The van der Waals surface area contributed by atoms with Crippen LogP contribution < -0.4 is 43.5 Å². The molecular weight excluding hydrogens is 2140 g/mol. The fraction of sp³-hybridized carbons (Fsp3) is 0.200. The highest BCUT2D eigenvalue weighted by Gasteiger charge is 2.29. The summed E-state index contributed by atoms with van der Waals surface area (Å²) in [6.45, 7) is 5.41. The van der Waals surface area contributed by atoms with Crippen LogP contribution in [0.5, 0.6) is 0 Å². The number of nitrogens with zero attached hydrogens (tertiary/aromatic N) is 5. The van der Waals surface area contributed by atoms with E-state index in [-0.39, 0.29) is 81.9 Å². The highest BCUT2D eigenvalue weighted by molar-refractivity contribution is 9.10. The van der Waals surface area contributed by atoms with Crippen LogP contribution in [0.15, 0.2) is 278 Å². The second kappa shape index (κ2) is 46.0. The molecule has 738 valence electrons. The van der Waals surface area contributed by atoms with Gasteiger partial charge in [-0.05, 0) is 287 Å². The predicted molar refractivity (Wildman–Crippen MR) is 563 cm³/mol. The van der Waals surface area contributed by atoms with E-state index in [0.29, 0.717) is 71.0 Å². The summed E-state index contributed by atoms with van der Waals surface area (Å²) in [4.78, 5) is 104. The van der Waals surface area contributed by atoms with Crippen molar-refractivity contribution in [1.82, 2.24) is 23.2 Å².